The summed E-state index contributed by atoms with van der Waals surface area (Å²) in [7, 11) is 0. The molecule has 1 aliphatic rings. The van der Waals surface area contributed by atoms with Crippen LogP contribution in [-0.4, -0.2) is 31.2 Å². The number of aromatic amines is 1. The fourth-order valence-electron chi connectivity index (χ4n) is 2.93. The van der Waals surface area contributed by atoms with Gasteiger partial charge >= 0.3 is 5.69 Å². The molecule has 23 heavy (non-hydrogen) atoms. The van der Waals surface area contributed by atoms with E-state index in [0.29, 0.717) is 36.4 Å². The van der Waals surface area contributed by atoms with Crippen LogP contribution in [0.2, 0.25) is 0 Å². The molecule has 0 unspecified atom stereocenters. The topological polar surface area (TPSA) is 110 Å². The van der Waals surface area contributed by atoms with Gasteiger partial charge in [0.2, 0.25) is 0 Å². The van der Waals surface area contributed by atoms with Crippen molar-refractivity contribution in [1.82, 2.24) is 19.7 Å². The maximum absolute atomic E-state index is 11.6. The summed E-state index contributed by atoms with van der Waals surface area (Å²) in [4.78, 5) is 28.7. The van der Waals surface area contributed by atoms with Crippen molar-refractivity contribution in [3.8, 4) is 0 Å². The van der Waals surface area contributed by atoms with E-state index < -0.39 is 4.92 Å². The molecule has 1 aromatic carbocycles. The van der Waals surface area contributed by atoms with Crippen molar-refractivity contribution in [2.24, 2.45) is 0 Å². The number of nitro benzene ring substituents is 1. The molecule has 1 aliphatic heterocycles. The summed E-state index contributed by atoms with van der Waals surface area (Å²) in [6.45, 7) is 1.56. The summed E-state index contributed by atoms with van der Waals surface area (Å²) in [6, 6.07) is 6.57. The van der Waals surface area contributed by atoms with E-state index in [1.54, 1.807) is 29.0 Å². The van der Waals surface area contributed by atoms with E-state index in [0.717, 1.165) is 5.69 Å². The molecule has 0 bridgehead atoms. The minimum atomic E-state index is -0.407. The summed E-state index contributed by atoms with van der Waals surface area (Å²) in [5.74, 6) is 0.642. The molecule has 9 nitrogen and oxygen atoms in total. The van der Waals surface area contributed by atoms with E-state index in [1.165, 1.54) is 6.07 Å². The van der Waals surface area contributed by atoms with Gasteiger partial charge < -0.3 is 4.90 Å². The predicted molar refractivity (Wildman–Crippen MR) is 82.3 cm³/mol. The Morgan fingerprint density at radius 2 is 2.13 bits per heavy atom. The molecule has 9 heteroatoms. The molecule has 1 N–H and O–H groups in total. The number of hydrogen-bond donors (Lipinski definition) is 1. The molecule has 0 saturated carbocycles. The largest absolute Gasteiger partial charge is 0.360 e. The molecule has 3 heterocycles. The van der Waals surface area contributed by atoms with Crippen molar-refractivity contribution in [2.75, 3.05) is 11.4 Å². The van der Waals surface area contributed by atoms with Gasteiger partial charge in [-0.15, -0.1) is 0 Å². The SMILES string of the molecule is O=c1[nH]nc2n1CCN(c1ccc([N+](=O)[O-])c3cccnc13)C2. The number of nitro groups is 1. The molecule has 0 spiro atoms. The molecule has 0 radical (unpaired) electrons. The zero-order valence-corrected chi connectivity index (χ0v) is 12.0. The molecule has 4 rings (SSSR count). The first kappa shape index (κ1) is 13.4. The molecule has 116 valence electrons. The van der Waals surface area contributed by atoms with Gasteiger partial charge in [0.1, 0.15) is 5.52 Å². The average Bonchev–Trinajstić information content (AvgIpc) is 2.94. The first-order chi connectivity index (χ1) is 11.1. The number of hydrogen-bond acceptors (Lipinski definition) is 6. The lowest BCUT2D eigenvalue weighted by Crippen LogP contribution is -2.37. The first-order valence-corrected chi connectivity index (χ1v) is 7.06. The Morgan fingerprint density at radius 3 is 2.96 bits per heavy atom. The molecule has 0 atom stereocenters. The van der Waals surface area contributed by atoms with E-state index in [2.05, 4.69) is 15.2 Å². The number of pyridine rings is 1. The molecule has 0 fully saturated rings. The Balaban J connectivity index is 1.83. The van der Waals surface area contributed by atoms with Crippen LogP contribution in [0.15, 0.2) is 35.3 Å². The third-order valence-corrected chi connectivity index (χ3v) is 4.03. The maximum atomic E-state index is 11.6. The van der Waals surface area contributed by atoms with E-state index in [9.17, 15) is 14.9 Å². The number of H-pyrrole nitrogens is 1. The summed E-state index contributed by atoms with van der Waals surface area (Å²) in [5.41, 5.74) is 1.19. The average molecular weight is 312 g/mol. The monoisotopic (exact) mass is 312 g/mol. The lowest BCUT2D eigenvalue weighted by molar-refractivity contribution is -0.383. The normalized spacial score (nSPS) is 14.0. The molecule has 2 aromatic heterocycles. The van der Waals surface area contributed by atoms with Crippen molar-refractivity contribution in [3.63, 3.8) is 0 Å². The van der Waals surface area contributed by atoms with Gasteiger partial charge in [0, 0.05) is 25.4 Å². The molecular formula is C14H12N6O3. The van der Waals surface area contributed by atoms with Crippen molar-refractivity contribution in [1.29, 1.82) is 0 Å². The van der Waals surface area contributed by atoms with Crippen molar-refractivity contribution in [3.05, 3.63) is 56.9 Å². The van der Waals surface area contributed by atoms with Crippen LogP contribution >= 0.6 is 0 Å². The van der Waals surface area contributed by atoms with Gasteiger partial charge in [0.05, 0.1) is 22.5 Å². The van der Waals surface area contributed by atoms with E-state index in [-0.39, 0.29) is 11.4 Å². The first-order valence-electron chi connectivity index (χ1n) is 7.06. The molecule has 0 saturated heterocycles. The standard InChI is InChI=1S/C14H12N6O3/c21-14-17-16-12-8-18(6-7-19(12)14)11-4-3-10(20(22)23)9-2-1-5-15-13(9)11/h1-5H,6-8H2,(H,17,21). The third kappa shape index (κ3) is 2.05. The van der Waals surface area contributed by atoms with Gasteiger partial charge in [-0.05, 0) is 18.2 Å². The summed E-state index contributed by atoms with van der Waals surface area (Å²) in [5, 5.41) is 18.1. The highest BCUT2D eigenvalue weighted by atomic mass is 16.6. The third-order valence-electron chi connectivity index (χ3n) is 4.03. The number of anilines is 1. The number of fused-ring (bicyclic) bond motifs is 2. The number of nitrogens with zero attached hydrogens (tertiary/aromatic N) is 5. The number of non-ortho nitro benzene ring substituents is 1. The Hall–Kier alpha value is -3.23. The highest BCUT2D eigenvalue weighted by Gasteiger charge is 2.23. The van der Waals surface area contributed by atoms with Gasteiger partial charge in [-0.2, -0.15) is 5.10 Å². The fraction of sp³-hybridized carbons (Fsp3) is 0.214. The van der Waals surface area contributed by atoms with Gasteiger partial charge in [0.15, 0.2) is 5.82 Å². The lowest BCUT2D eigenvalue weighted by atomic mass is 10.1. The molecule has 0 amide bonds. The van der Waals surface area contributed by atoms with Crippen LogP contribution in [0.3, 0.4) is 0 Å². The minimum absolute atomic E-state index is 0.0329. The second-order valence-corrected chi connectivity index (χ2v) is 5.28. The summed E-state index contributed by atoms with van der Waals surface area (Å²) < 4.78 is 1.59. The van der Waals surface area contributed by atoms with E-state index >= 15 is 0 Å². The smallest absolute Gasteiger partial charge is 0.343 e. The summed E-state index contributed by atoms with van der Waals surface area (Å²) in [6.07, 6.45) is 1.62. The van der Waals surface area contributed by atoms with Gasteiger partial charge in [-0.25, -0.2) is 9.89 Å². The second kappa shape index (κ2) is 4.90. The zero-order valence-electron chi connectivity index (χ0n) is 12.0. The number of aromatic nitrogens is 4. The lowest BCUT2D eigenvalue weighted by Gasteiger charge is -2.29. The van der Waals surface area contributed by atoms with Crippen molar-refractivity contribution < 1.29 is 4.92 Å². The number of rotatable bonds is 2. The predicted octanol–water partition coefficient (Wildman–Crippen LogP) is 1.05. The van der Waals surface area contributed by atoms with Crippen LogP contribution in [0.5, 0.6) is 0 Å². The van der Waals surface area contributed by atoms with Crippen LogP contribution in [-0.2, 0) is 13.1 Å². The molecule has 3 aromatic rings. The molecule has 0 aliphatic carbocycles. The van der Waals surface area contributed by atoms with Crippen molar-refractivity contribution >= 4 is 22.3 Å². The summed E-state index contributed by atoms with van der Waals surface area (Å²) >= 11 is 0. The van der Waals surface area contributed by atoms with Crippen LogP contribution in [0.1, 0.15) is 5.82 Å². The van der Waals surface area contributed by atoms with Gasteiger partial charge in [0.25, 0.3) is 5.69 Å². The number of nitrogens with one attached hydrogen (secondary N) is 1. The Kier molecular flexibility index (Phi) is 2.86. The van der Waals surface area contributed by atoms with Crippen molar-refractivity contribution in [2.45, 2.75) is 13.1 Å². The maximum Gasteiger partial charge on any atom is 0.343 e. The molecular weight excluding hydrogens is 300 g/mol. The Bertz CT molecular complexity index is 976. The number of benzene rings is 1. The van der Waals surface area contributed by atoms with Gasteiger partial charge in [-0.3, -0.25) is 19.7 Å². The van der Waals surface area contributed by atoms with Gasteiger partial charge in [-0.1, -0.05) is 0 Å². The van der Waals surface area contributed by atoms with E-state index in [1.807, 2.05) is 4.90 Å². The fourth-order valence-corrected chi connectivity index (χ4v) is 2.93. The Morgan fingerprint density at radius 1 is 1.26 bits per heavy atom. The quantitative estimate of drug-likeness (QED) is 0.559. The van der Waals surface area contributed by atoms with E-state index in [4.69, 9.17) is 0 Å². The minimum Gasteiger partial charge on any atom is -0.360 e. The van der Waals surface area contributed by atoms with Crippen LogP contribution in [0.25, 0.3) is 10.9 Å². The van der Waals surface area contributed by atoms with Crippen LogP contribution in [0, 0.1) is 10.1 Å². The highest BCUT2D eigenvalue weighted by molar-refractivity contribution is 5.97. The van der Waals surface area contributed by atoms with Crippen LogP contribution in [0.4, 0.5) is 11.4 Å². The zero-order chi connectivity index (χ0) is 16.0. The highest BCUT2D eigenvalue weighted by Crippen LogP contribution is 2.33. The Labute approximate surface area is 129 Å². The van der Waals surface area contributed by atoms with Crippen LogP contribution < -0.4 is 10.6 Å². The second-order valence-electron chi connectivity index (χ2n) is 5.28.